The number of anilines is 1. The van der Waals surface area contributed by atoms with Crippen molar-refractivity contribution >= 4 is 33.0 Å². The molecule has 2 aromatic carbocycles. The standard InChI is InChI=1S/C14H11ClFNO3S/c1-21(19,20)13-8-9(2-7-12(13)15)14(18)17-11-5-3-10(16)4-6-11/h2-8H,1H3,(H,17,18). The highest BCUT2D eigenvalue weighted by atomic mass is 35.5. The van der Waals surface area contributed by atoms with E-state index in [1.54, 1.807) is 0 Å². The number of carbonyl (C=O) groups is 1. The fraction of sp³-hybridized carbons (Fsp3) is 0.0714. The average molecular weight is 328 g/mol. The van der Waals surface area contributed by atoms with Crippen LogP contribution < -0.4 is 5.32 Å². The zero-order valence-corrected chi connectivity index (χ0v) is 12.5. The van der Waals surface area contributed by atoms with Gasteiger partial charge < -0.3 is 5.32 Å². The van der Waals surface area contributed by atoms with Crippen LogP contribution in [0, 0.1) is 5.82 Å². The number of halogens is 2. The molecule has 2 aromatic rings. The summed E-state index contributed by atoms with van der Waals surface area (Å²) < 4.78 is 35.9. The lowest BCUT2D eigenvalue weighted by Crippen LogP contribution is -2.13. The molecule has 1 amide bonds. The molecule has 0 fully saturated rings. The van der Waals surface area contributed by atoms with Gasteiger partial charge in [0.2, 0.25) is 0 Å². The van der Waals surface area contributed by atoms with Gasteiger partial charge in [0.15, 0.2) is 9.84 Å². The van der Waals surface area contributed by atoms with Gasteiger partial charge in [0.25, 0.3) is 5.91 Å². The molecule has 0 aliphatic rings. The smallest absolute Gasteiger partial charge is 0.255 e. The predicted molar refractivity (Wildman–Crippen MR) is 78.9 cm³/mol. The van der Waals surface area contributed by atoms with Gasteiger partial charge in [-0.2, -0.15) is 0 Å². The van der Waals surface area contributed by atoms with Gasteiger partial charge in [0.05, 0.1) is 9.92 Å². The molecule has 0 aliphatic heterocycles. The highest BCUT2D eigenvalue weighted by Crippen LogP contribution is 2.23. The van der Waals surface area contributed by atoms with Crippen molar-refractivity contribution in [2.24, 2.45) is 0 Å². The maximum Gasteiger partial charge on any atom is 0.255 e. The van der Waals surface area contributed by atoms with Gasteiger partial charge in [0.1, 0.15) is 5.82 Å². The molecule has 0 spiro atoms. The third kappa shape index (κ3) is 3.80. The molecule has 0 aliphatic carbocycles. The first-order valence-corrected chi connectivity index (χ1v) is 8.11. The summed E-state index contributed by atoms with van der Waals surface area (Å²) in [5.41, 5.74) is 0.543. The van der Waals surface area contributed by atoms with Gasteiger partial charge in [-0.3, -0.25) is 4.79 Å². The molecule has 0 saturated heterocycles. The third-order valence-corrected chi connectivity index (χ3v) is 4.27. The van der Waals surface area contributed by atoms with Gasteiger partial charge in [-0.15, -0.1) is 0 Å². The maximum atomic E-state index is 12.8. The van der Waals surface area contributed by atoms with E-state index in [2.05, 4.69) is 5.32 Å². The Balaban J connectivity index is 2.30. The summed E-state index contributed by atoms with van der Waals surface area (Å²) >= 11 is 5.81. The molecule has 21 heavy (non-hydrogen) atoms. The summed E-state index contributed by atoms with van der Waals surface area (Å²) in [7, 11) is -3.53. The Bertz CT molecular complexity index is 788. The number of nitrogens with one attached hydrogen (secondary N) is 1. The second kappa shape index (κ2) is 5.83. The lowest BCUT2D eigenvalue weighted by atomic mass is 10.2. The van der Waals surface area contributed by atoms with Gasteiger partial charge in [-0.05, 0) is 42.5 Å². The number of amides is 1. The molecule has 0 unspecified atom stereocenters. The topological polar surface area (TPSA) is 63.2 Å². The third-order valence-electron chi connectivity index (χ3n) is 2.69. The molecule has 0 saturated carbocycles. The van der Waals surface area contributed by atoms with Crippen LogP contribution in [0.5, 0.6) is 0 Å². The minimum atomic E-state index is -3.53. The van der Waals surface area contributed by atoms with Gasteiger partial charge >= 0.3 is 0 Å². The SMILES string of the molecule is CS(=O)(=O)c1cc(C(=O)Nc2ccc(F)cc2)ccc1Cl. The molecule has 0 atom stereocenters. The Hall–Kier alpha value is -1.92. The van der Waals surface area contributed by atoms with E-state index in [1.165, 1.54) is 42.5 Å². The number of benzene rings is 2. The summed E-state index contributed by atoms with van der Waals surface area (Å²) in [6.45, 7) is 0. The second-order valence-corrected chi connectivity index (χ2v) is 6.77. The van der Waals surface area contributed by atoms with Gasteiger partial charge in [-0.1, -0.05) is 11.6 Å². The van der Waals surface area contributed by atoms with Crippen molar-refractivity contribution in [3.8, 4) is 0 Å². The lowest BCUT2D eigenvalue weighted by Gasteiger charge is -2.07. The molecule has 1 N–H and O–H groups in total. The predicted octanol–water partition coefficient (Wildman–Crippen LogP) is 3.13. The minimum Gasteiger partial charge on any atom is -0.322 e. The van der Waals surface area contributed by atoms with Crippen LogP contribution in [0.4, 0.5) is 10.1 Å². The van der Waals surface area contributed by atoms with Crippen LogP contribution in [0.25, 0.3) is 0 Å². The van der Waals surface area contributed by atoms with Crippen molar-refractivity contribution in [2.75, 3.05) is 11.6 Å². The van der Waals surface area contributed by atoms with Crippen LogP contribution in [0.15, 0.2) is 47.4 Å². The van der Waals surface area contributed by atoms with E-state index in [4.69, 9.17) is 11.6 Å². The van der Waals surface area contributed by atoms with E-state index < -0.39 is 21.6 Å². The van der Waals surface area contributed by atoms with Crippen molar-refractivity contribution in [1.29, 1.82) is 0 Å². The Morgan fingerprint density at radius 3 is 2.33 bits per heavy atom. The van der Waals surface area contributed by atoms with E-state index in [1.807, 2.05) is 0 Å². The van der Waals surface area contributed by atoms with Gasteiger partial charge in [-0.25, -0.2) is 12.8 Å². The van der Waals surface area contributed by atoms with Crippen LogP contribution in [0.3, 0.4) is 0 Å². The zero-order chi connectivity index (χ0) is 15.6. The number of hydrogen-bond donors (Lipinski definition) is 1. The fourth-order valence-corrected chi connectivity index (χ4v) is 2.97. The minimum absolute atomic E-state index is 0.0517. The quantitative estimate of drug-likeness (QED) is 0.942. The van der Waals surface area contributed by atoms with Crippen molar-refractivity contribution < 1.29 is 17.6 Å². The molecule has 4 nitrogen and oxygen atoms in total. The molecular formula is C14H11ClFNO3S. The van der Waals surface area contributed by atoms with Crippen molar-refractivity contribution in [3.63, 3.8) is 0 Å². The maximum absolute atomic E-state index is 12.8. The molecular weight excluding hydrogens is 317 g/mol. The Labute approximate surface area is 126 Å². The van der Waals surface area contributed by atoms with E-state index in [9.17, 15) is 17.6 Å². The summed E-state index contributed by atoms with van der Waals surface area (Å²) in [4.78, 5) is 11.9. The normalized spacial score (nSPS) is 11.2. The largest absolute Gasteiger partial charge is 0.322 e. The van der Waals surface area contributed by atoms with Gasteiger partial charge in [0, 0.05) is 17.5 Å². The van der Waals surface area contributed by atoms with E-state index in [0.717, 1.165) is 6.26 Å². The van der Waals surface area contributed by atoms with Crippen LogP contribution in [0.2, 0.25) is 5.02 Å². The first-order valence-electron chi connectivity index (χ1n) is 5.84. The molecule has 2 rings (SSSR count). The number of hydrogen-bond acceptors (Lipinski definition) is 3. The second-order valence-electron chi connectivity index (χ2n) is 4.38. The average Bonchev–Trinajstić information content (AvgIpc) is 2.40. The summed E-state index contributed by atoms with van der Waals surface area (Å²) in [6.07, 6.45) is 1.01. The first-order chi connectivity index (χ1) is 9.77. The summed E-state index contributed by atoms with van der Waals surface area (Å²) in [6, 6.07) is 9.18. The van der Waals surface area contributed by atoms with E-state index in [0.29, 0.717) is 5.69 Å². The van der Waals surface area contributed by atoms with Crippen LogP contribution in [-0.2, 0) is 9.84 Å². The summed E-state index contributed by atoms with van der Waals surface area (Å²) in [5.74, 6) is -0.929. The van der Waals surface area contributed by atoms with Crippen molar-refractivity contribution in [2.45, 2.75) is 4.90 Å². The number of sulfone groups is 1. The highest BCUT2D eigenvalue weighted by molar-refractivity contribution is 7.90. The first kappa shape index (κ1) is 15.5. The Morgan fingerprint density at radius 2 is 1.76 bits per heavy atom. The Kier molecular flexibility index (Phi) is 4.29. The monoisotopic (exact) mass is 327 g/mol. The van der Waals surface area contributed by atoms with E-state index >= 15 is 0 Å². The van der Waals surface area contributed by atoms with Crippen LogP contribution in [0.1, 0.15) is 10.4 Å². The molecule has 0 bridgehead atoms. The lowest BCUT2D eigenvalue weighted by molar-refractivity contribution is 0.102. The van der Waals surface area contributed by atoms with Crippen molar-refractivity contribution in [1.82, 2.24) is 0 Å². The fourth-order valence-electron chi connectivity index (χ4n) is 1.67. The number of rotatable bonds is 3. The molecule has 7 heteroatoms. The van der Waals surface area contributed by atoms with Crippen LogP contribution >= 0.6 is 11.6 Å². The number of carbonyl (C=O) groups excluding carboxylic acids is 1. The molecule has 0 radical (unpaired) electrons. The van der Waals surface area contributed by atoms with Crippen LogP contribution in [-0.4, -0.2) is 20.6 Å². The molecule has 110 valence electrons. The molecule has 0 heterocycles. The highest BCUT2D eigenvalue weighted by Gasteiger charge is 2.16. The van der Waals surface area contributed by atoms with Crippen molar-refractivity contribution in [3.05, 3.63) is 58.9 Å². The molecule has 0 aromatic heterocycles. The van der Waals surface area contributed by atoms with E-state index in [-0.39, 0.29) is 15.5 Å². The Morgan fingerprint density at radius 1 is 1.14 bits per heavy atom. The summed E-state index contributed by atoms with van der Waals surface area (Å²) in [5, 5.41) is 2.59. The zero-order valence-electron chi connectivity index (χ0n) is 10.9.